The number of carboxylic acid groups (broad SMARTS) is 1. The van der Waals surface area contributed by atoms with Crippen LogP contribution in [-0.2, 0) is 0 Å². The average molecular weight is 256 g/mol. The number of carboxylic acids is 1. The van der Waals surface area contributed by atoms with Crippen LogP contribution in [0.2, 0.25) is 0 Å². The van der Waals surface area contributed by atoms with Crippen molar-refractivity contribution >= 4 is 17.6 Å². The van der Waals surface area contributed by atoms with Crippen molar-refractivity contribution in [3.05, 3.63) is 53.6 Å². The van der Waals surface area contributed by atoms with Crippen molar-refractivity contribution in [3.63, 3.8) is 0 Å². The summed E-state index contributed by atoms with van der Waals surface area (Å²) in [6.45, 7) is 0. The van der Waals surface area contributed by atoms with E-state index in [9.17, 15) is 14.7 Å². The summed E-state index contributed by atoms with van der Waals surface area (Å²) in [6, 6.07) is 11.4. The summed E-state index contributed by atoms with van der Waals surface area (Å²) >= 11 is 0. The number of hydrogen-bond donors (Lipinski definition) is 3. The third kappa shape index (κ3) is 2.40. The summed E-state index contributed by atoms with van der Waals surface area (Å²) in [7, 11) is 0. The lowest BCUT2D eigenvalue weighted by atomic mass is 9.95. The molecule has 19 heavy (non-hydrogen) atoms. The molecule has 5 heteroatoms. The first-order valence-corrected chi connectivity index (χ1v) is 5.52. The maximum atomic E-state index is 11.4. The summed E-state index contributed by atoms with van der Waals surface area (Å²) < 4.78 is 0. The molecule has 0 aliphatic heterocycles. The van der Waals surface area contributed by atoms with Gasteiger partial charge < -0.3 is 16.6 Å². The second-order valence-corrected chi connectivity index (χ2v) is 4.02. The molecule has 0 saturated carbocycles. The fraction of sp³-hybridized carbons (Fsp3) is 0. The largest absolute Gasteiger partial charge is 0.478 e. The third-order valence-corrected chi connectivity index (χ3v) is 2.74. The van der Waals surface area contributed by atoms with E-state index in [0.717, 1.165) is 0 Å². The molecule has 0 atom stereocenters. The van der Waals surface area contributed by atoms with E-state index in [-0.39, 0.29) is 11.1 Å². The van der Waals surface area contributed by atoms with Crippen molar-refractivity contribution in [1.29, 1.82) is 0 Å². The van der Waals surface area contributed by atoms with Gasteiger partial charge in [-0.3, -0.25) is 4.79 Å². The molecule has 2 aromatic carbocycles. The minimum atomic E-state index is -1.20. The van der Waals surface area contributed by atoms with Crippen molar-refractivity contribution in [2.24, 2.45) is 5.73 Å². The quantitative estimate of drug-likeness (QED) is 0.727. The van der Waals surface area contributed by atoms with Gasteiger partial charge in [-0.05, 0) is 29.3 Å². The molecule has 96 valence electrons. The van der Waals surface area contributed by atoms with Gasteiger partial charge in [-0.15, -0.1) is 0 Å². The molecule has 2 rings (SSSR count). The summed E-state index contributed by atoms with van der Waals surface area (Å²) in [4.78, 5) is 22.7. The fourth-order valence-corrected chi connectivity index (χ4v) is 1.93. The molecular formula is C14H12N2O3. The van der Waals surface area contributed by atoms with Crippen LogP contribution in [0, 0.1) is 0 Å². The Kier molecular flexibility index (Phi) is 3.20. The smallest absolute Gasteiger partial charge is 0.337 e. The normalized spacial score (nSPS) is 10.1. The van der Waals surface area contributed by atoms with Crippen LogP contribution in [-0.4, -0.2) is 17.0 Å². The Morgan fingerprint density at radius 1 is 1.05 bits per heavy atom. The van der Waals surface area contributed by atoms with Gasteiger partial charge in [0.05, 0.1) is 11.1 Å². The molecule has 5 nitrogen and oxygen atoms in total. The van der Waals surface area contributed by atoms with Crippen LogP contribution < -0.4 is 11.5 Å². The van der Waals surface area contributed by atoms with E-state index in [1.165, 1.54) is 6.07 Å². The molecule has 0 fully saturated rings. The number of amides is 1. The number of hydrogen-bond acceptors (Lipinski definition) is 3. The Balaban J connectivity index is 2.73. The number of rotatable bonds is 3. The zero-order valence-corrected chi connectivity index (χ0v) is 9.96. The summed E-state index contributed by atoms with van der Waals surface area (Å²) in [6.07, 6.45) is 0. The molecule has 0 aliphatic carbocycles. The molecule has 0 bridgehead atoms. The number of carbonyl (C=O) groups is 2. The predicted octanol–water partition coefficient (Wildman–Crippen LogP) is 1.73. The van der Waals surface area contributed by atoms with Crippen molar-refractivity contribution in [2.45, 2.75) is 0 Å². The Morgan fingerprint density at radius 3 is 2.32 bits per heavy atom. The number of aromatic carboxylic acids is 1. The number of carbonyl (C=O) groups excluding carboxylic acids is 1. The van der Waals surface area contributed by atoms with Crippen molar-refractivity contribution in [3.8, 4) is 11.1 Å². The SMILES string of the molecule is NC(=O)c1cccc(-c2cccc(N)c2)c1C(=O)O. The average Bonchev–Trinajstić information content (AvgIpc) is 2.37. The molecule has 5 N–H and O–H groups in total. The van der Waals surface area contributed by atoms with Gasteiger partial charge in [0.15, 0.2) is 0 Å². The van der Waals surface area contributed by atoms with Crippen LogP contribution in [0.25, 0.3) is 11.1 Å². The summed E-state index contributed by atoms with van der Waals surface area (Å²) in [5.74, 6) is -1.98. The lowest BCUT2D eigenvalue weighted by Crippen LogP contribution is -2.17. The number of benzene rings is 2. The van der Waals surface area contributed by atoms with E-state index >= 15 is 0 Å². The number of nitrogens with two attached hydrogens (primary N) is 2. The van der Waals surface area contributed by atoms with Crippen LogP contribution in [0.1, 0.15) is 20.7 Å². The Morgan fingerprint density at radius 2 is 1.74 bits per heavy atom. The monoisotopic (exact) mass is 256 g/mol. The molecule has 0 aromatic heterocycles. The van der Waals surface area contributed by atoms with E-state index in [1.54, 1.807) is 36.4 Å². The molecule has 0 saturated heterocycles. The highest BCUT2D eigenvalue weighted by atomic mass is 16.4. The molecule has 0 heterocycles. The number of primary amides is 1. The predicted molar refractivity (Wildman–Crippen MR) is 71.8 cm³/mol. The van der Waals surface area contributed by atoms with Crippen molar-refractivity contribution < 1.29 is 14.7 Å². The second-order valence-electron chi connectivity index (χ2n) is 4.02. The van der Waals surface area contributed by atoms with E-state index in [1.807, 2.05) is 0 Å². The highest BCUT2D eigenvalue weighted by Crippen LogP contribution is 2.27. The van der Waals surface area contributed by atoms with Gasteiger partial charge in [-0.25, -0.2) is 4.79 Å². The van der Waals surface area contributed by atoms with Crippen molar-refractivity contribution in [2.75, 3.05) is 5.73 Å². The van der Waals surface area contributed by atoms with Gasteiger partial charge in [-0.1, -0.05) is 24.3 Å². The topological polar surface area (TPSA) is 106 Å². The van der Waals surface area contributed by atoms with Crippen molar-refractivity contribution in [1.82, 2.24) is 0 Å². The lowest BCUT2D eigenvalue weighted by Gasteiger charge is -2.10. The van der Waals surface area contributed by atoms with Gasteiger partial charge in [0.25, 0.3) is 0 Å². The molecule has 2 aromatic rings. The van der Waals surface area contributed by atoms with Gasteiger partial charge in [0.1, 0.15) is 0 Å². The van der Waals surface area contributed by atoms with Gasteiger partial charge in [0, 0.05) is 5.69 Å². The van der Waals surface area contributed by atoms with E-state index < -0.39 is 11.9 Å². The second kappa shape index (κ2) is 4.81. The first-order valence-electron chi connectivity index (χ1n) is 5.52. The Bertz CT molecular complexity index is 665. The zero-order valence-electron chi connectivity index (χ0n) is 9.96. The summed E-state index contributed by atoms with van der Waals surface area (Å²) in [5, 5.41) is 9.29. The standard InChI is InChI=1S/C14H12N2O3/c15-9-4-1-3-8(7-9)10-5-2-6-11(13(16)17)12(10)14(18)19/h1-7H,15H2,(H2,16,17)(H,18,19). The fourth-order valence-electron chi connectivity index (χ4n) is 1.93. The molecule has 0 unspecified atom stereocenters. The molecule has 1 amide bonds. The maximum absolute atomic E-state index is 11.4. The summed E-state index contributed by atoms with van der Waals surface area (Å²) in [5.41, 5.74) is 12.3. The van der Waals surface area contributed by atoms with E-state index in [4.69, 9.17) is 11.5 Å². The van der Waals surface area contributed by atoms with Gasteiger partial charge in [0.2, 0.25) is 5.91 Å². The molecule has 0 radical (unpaired) electrons. The van der Waals surface area contributed by atoms with Gasteiger partial charge in [-0.2, -0.15) is 0 Å². The Hall–Kier alpha value is -2.82. The first kappa shape index (κ1) is 12.6. The van der Waals surface area contributed by atoms with Gasteiger partial charge >= 0.3 is 5.97 Å². The van der Waals surface area contributed by atoms with Crippen LogP contribution in [0.3, 0.4) is 0 Å². The first-order chi connectivity index (χ1) is 9.00. The highest BCUT2D eigenvalue weighted by Gasteiger charge is 2.19. The van der Waals surface area contributed by atoms with E-state index in [2.05, 4.69) is 0 Å². The van der Waals surface area contributed by atoms with Crippen LogP contribution >= 0.6 is 0 Å². The molecule has 0 spiro atoms. The Labute approximate surface area is 109 Å². The van der Waals surface area contributed by atoms with Crippen LogP contribution in [0.4, 0.5) is 5.69 Å². The lowest BCUT2D eigenvalue weighted by molar-refractivity contribution is 0.0693. The van der Waals surface area contributed by atoms with Crippen LogP contribution in [0.5, 0.6) is 0 Å². The number of anilines is 1. The minimum Gasteiger partial charge on any atom is -0.478 e. The van der Waals surface area contributed by atoms with E-state index in [0.29, 0.717) is 16.8 Å². The molecule has 0 aliphatic rings. The van der Waals surface area contributed by atoms with Crippen LogP contribution in [0.15, 0.2) is 42.5 Å². The minimum absolute atomic E-state index is 0.0209. The zero-order chi connectivity index (χ0) is 14.0. The number of nitrogen functional groups attached to an aromatic ring is 1. The maximum Gasteiger partial charge on any atom is 0.337 e. The highest BCUT2D eigenvalue weighted by molar-refractivity contribution is 6.08. The third-order valence-electron chi connectivity index (χ3n) is 2.74. The molecular weight excluding hydrogens is 244 g/mol.